The molecule has 1 amide bonds. The third kappa shape index (κ3) is 6.73. The molecule has 38 heavy (non-hydrogen) atoms. The van der Waals surface area contributed by atoms with Crippen molar-refractivity contribution in [2.45, 2.75) is 4.90 Å². The summed E-state index contributed by atoms with van der Waals surface area (Å²) >= 11 is 6.39. The molecule has 0 bridgehead atoms. The SMILES string of the molecule is COc1cc(C=C2SC(=S)N(c3ccc(S(=O)(=O)[O-])cc3)C2=O)cc(OC)c1OC(=O)c1ccccc1.[K+]. The molecule has 0 spiro atoms. The number of rotatable bonds is 7. The molecular formula is C25H18KNO8S3. The minimum Gasteiger partial charge on any atom is -0.744 e. The van der Waals surface area contributed by atoms with E-state index in [1.54, 1.807) is 48.5 Å². The van der Waals surface area contributed by atoms with Crippen LogP contribution in [0.4, 0.5) is 5.69 Å². The molecule has 3 aromatic carbocycles. The largest absolute Gasteiger partial charge is 1.00 e. The Balaban J connectivity index is 0.00000400. The van der Waals surface area contributed by atoms with Gasteiger partial charge in [0.2, 0.25) is 5.75 Å². The quantitative estimate of drug-likeness (QED) is 0.0985. The summed E-state index contributed by atoms with van der Waals surface area (Å²) in [6.07, 6.45) is 1.57. The standard InChI is InChI=1S/C25H19NO8S3.K/c1-32-19-12-15(13-20(33-2)22(19)34-24(28)16-6-4-3-5-7-16)14-21-23(27)26(25(35)36-21)17-8-10-18(11-9-17)37(29,30)31;/h3-14H,1-2H3,(H,29,30,31);/q;+1/p-1. The molecule has 1 heterocycles. The second-order valence-corrected chi connectivity index (χ2v) is 10.5. The van der Waals surface area contributed by atoms with E-state index in [4.69, 9.17) is 26.4 Å². The number of ether oxygens (including phenoxy) is 3. The van der Waals surface area contributed by atoms with Gasteiger partial charge in [-0.3, -0.25) is 9.69 Å². The van der Waals surface area contributed by atoms with E-state index in [0.29, 0.717) is 16.8 Å². The van der Waals surface area contributed by atoms with Gasteiger partial charge in [-0.1, -0.05) is 42.2 Å². The molecule has 0 N–H and O–H groups in total. The van der Waals surface area contributed by atoms with Crippen LogP contribution >= 0.6 is 24.0 Å². The number of carbonyl (C=O) groups is 2. The Labute approximate surface area is 271 Å². The number of hydrogen-bond donors (Lipinski definition) is 0. The third-order valence-electron chi connectivity index (χ3n) is 5.16. The molecule has 9 nitrogen and oxygen atoms in total. The first-order valence-electron chi connectivity index (χ1n) is 10.5. The van der Waals surface area contributed by atoms with Crippen LogP contribution in [0.5, 0.6) is 17.2 Å². The van der Waals surface area contributed by atoms with Crippen LogP contribution in [0.1, 0.15) is 15.9 Å². The summed E-state index contributed by atoms with van der Waals surface area (Å²) in [5.74, 6) is -0.539. The molecule has 1 aliphatic rings. The topological polar surface area (TPSA) is 122 Å². The van der Waals surface area contributed by atoms with Gasteiger partial charge in [-0.25, -0.2) is 13.2 Å². The first-order chi connectivity index (χ1) is 17.6. The molecule has 0 radical (unpaired) electrons. The van der Waals surface area contributed by atoms with Crippen LogP contribution in [0.25, 0.3) is 6.08 Å². The van der Waals surface area contributed by atoms with Crippen molar-refractivity contribution in [1.82, 2.24) is 0 Å². The number of methoxy groups -OCH3 is 2. The van der Waals surface area contributed by atoms with Gasteiger partial charge < -0.3 is 18.8 Å². The van der Waals surface area contributed by atoms with E-state index in [2.05, 4.69) is 0 Å². The summed E-state index contributed by atoms with van der Waals surface area (Å²) in [5.41, 5.74) is 1.18. The van der Waals surface area contributed by atoms with Crippen LogP contribution < -0.4 is 70.5 Å². The minimum atomic E-state index is -4.62. The summed E-state index contributed by atoms with van der Waals surface area (Å²) in [6, 6.07) is 16.5. The molecular weight excluding hydrogens is 578 g/mol. The van der Waals surface area contributed by atoms with E-state index < -0.39 is 26.9 Å². The molecule has 0 aliphatic carbocycles. The first kappa shape index (κ1) is 30.5. The van der Waals surface area contributed by atoms with Gasteiger partial charge in [-0.15, -0.1) is 0 Å². The first-order valence-corrected chi connectivity index (χ1v) is 13.1. The molecule has 1 aliphatic heterocycles. The molecule has 3 aromatic rings. The van der Waals surface area contributed by atoms with Crippen molar-refractivity contribution >= 4 is 62.1 Å². The number of carbonyl (C=O) groups excluding carboxylic acids is 2. The number of nitrogens with zero attached hydrogens (tertiary/aromatic N) is 1. The maximum atomic E-state index is 13.1. The van der Waals surface area contributed by atoms with Crippen molar-refractivity contribution in [3.63, 3.8) is 0 Å². The zero-order valence-corrected chi connectivity index (χ0v) is 25.9. The molecule has 0 aromatic heterocycles. The summed E-state index contributed by atoms with van der Waals surface area (Å²) in [7, 11) is -1.81. The maximum Gasteiger partial charge on any atom is 1.00 e. The van der Waals surface area contributed by atoms with Gasteiger partial charge in [-0.2, -0.15) is 0 Å². The van der Waals surface area contributed by atoms with Crippen LogP contribution in [0.3, 0.4) is 0 Å². The van der Waals surface area contributed by atoms with Gasteiger partial charge in [0.25, 0.3) is 5.91 Å². The molecule has 1 saturated heterocycles. The zero-order chi connectivity index (χ0) is 26.7. The van der Waals surface area contributed by atoms with E-state index in [0.717, 1.165) is 23.9 Å². The Morgan fingerprint density at radius 3 is 2.11 bits per heavy atom. The summed E-state index contributed by atoms with van der Waals surface area (Å²) in [5, 5.41) is 0. The smallest absolute Gasteiger partial charge is 0.744 e. The summed E-state index contributed by atoms with van der Waals surface area (Å²) < 4.78 is 50.2. The van der Waals surface area contributed by atoms with Crippen molar-refractivity contribution in [1.29, 1.82) is 0 Å². The van der Waals surface area contributed by atoms with E-state index in [-0.39, 0.29) is 77.9 Å². The van der Waals surface area contributed by atoms with Gasteiger partial charge in [-0.05, 0) is 60.2 Å². The molecule has 13 heteroatoms. The van der Waals surface area contributed by atoms with Gasteiger partial charge in [0, 0.05) is 0 Å². The monoisotopic (exact) mass is 595 g/mol. The van der Waals surface area contributed by atoms with Crippen molar-refractivity contribution < 1.29 is 88.2 Å². The Morgan fingerprint density at radius 2 is 1.58 bits per heavy atom. The van der Waals surface area contributed by atoms with Crippen molar-refractivity contribution in [2.24, 2.45) is 0 Å². The second kappa shape index (κ2) is 12.9. The molecule has 190 valence electrons. The Bertz CT molecular complexity index is 1500. The minimum absolute atomic E-state index is 0. The predicted octanol–water partition coefficient (Wildman–Crippen LogP) is 1.24. The number of anilines is 1. The number of hydrogen-bond acceptors (Lipinski definition) is 10. The van der Waals surface area contributed by atoms with Crippen LogP contribution in [0, 0.1) is 0 Å². The number of benzene rings is 3. The van der Waals surface area contributed by atoms with Crippen molar-refractivity contribution in [3.05, 3.63) is 82.8 Å². The fraction of sp³-hybridized carbons (Fsp3) is 0.0800. The fourth-order valence-electron chi connectivity index (χ4n) is 3.41. The van der Waals surface area contributed by atoms with Gasteiger partial charge >= 0.3 is 57.4 Å². The average molecular weight is 596 g/mol. The van der Waals surface area contributed by atoms with E-state index >= 15 is 0 Å². The van der Waals surface area contributed by atoms with Crippen molar-refractivity contribution in [2.75, 3.05) is 19.1 Å². The molecule has 0 atom stereocenters. The van der Waals surface area contributed by atoms with Crippen LogP contribution in [0.2, 0.25) is 0 Å². The second-order valence-electron chi connectivity index (χ2n) is 7.48. The van der Waals surface area contributed by atoms with E-state index in [1.165, 1.54) is 31.3 Å². The van der Waals surface area contributed by atoms with Crippen molar-refractivity contribution in [3.8, 4) is 17.2 Å². The number of thioether (sulfide) groups is 1. The van der Waals surface area contributed by atoms with Gasteiger partial charge in [0.05, 0.1) is 35.3 Å². The summed E-state index contributed by atoms with van der Waals surface area (Å²) in [6.45, 7) is 0. The average Bonchev–Trinajstić information content (AvgIpc) is 3.16. The maximum absolute atomic E-state index is 13.1. The number of esters is 1. The molecule has 4 rings (SSSR count). The Kier molecular flexibility index (Phi) is 10.3. The van der Waals surface area contributed by atoms with Gasteiger partial charge in [0.15, 0.2) is 15.8 Å². The number of thiocarbonyl (C=S) groups is 1. The number of amides is 1. The van der Waals surface area contributed by atoms with Crippen LogP contribution in [-0.2, 0) is 14.9 Å². The van der Waals surface area contributed by atoms with Crippen LogP contribution in [0.15, 0.2) is 76.5 Å². The Hall–Kier alpha value is -2.07. The zero-order valence-electron chi connectivity index (χ0n) is 20.4. The summed E-state index contributed by atoms with van der Waals surface area (Å²) in [4.78, 5) is 26.8. The fourth-order valence-corrected chi connectivity index (χ4v) is 5.18. The molecule has 0 saturated carbocycles. The normalized spacial score (nSPS) is 14.3. The predicted molar refractivity (Wildman–Crippen MR) is 141 cm³/mol. The van der Waals surface area contributed by atoms with E-state index in [1.807, 2.05) is 0 Å². The van der Waals surface area contributed by atoms with E-state index in [9.17, 15) is 22.6 Å². The molecule has 1 fully saturated rings. The Morgan fingerprint density at radius 1 is 1.00 bits per heavy atom. The molecule has 0 unspecified atom stereocenters. The third-order valence-corrected chi connectivity index (χ3v) is 7.31. The van der Waals surface area contributed by atoms with Crippen LogP contribution in [-0.4, -0.2) is 43.4 Å². The van der Waals surface area contributed by atoms with Gasteiger partial charge in [0.1, 0.15) is 10.1 Å².